The van der Waals surface area contributed by atoms with Gasteiger partial charge < -0.3 is 18.6 Å². The van der Waals surface area contributed by atoms with Crippen molar-refractivity contribution in [3.05, 3.63) is 279 Å². The summed E-state index contributed by atoms with van der Waals surface area (Å²) in [6.45, 7) is 0. The van der Waals surface area contributed by atoms with E-state index in [9.17, 15) is 0 Å². The van der Waals surface area contributed by atoms with Crippen LogP contribution < -0.4 is 9.80 Å². The van der Waals surface area contributed by atoms with Crippen LogP contribution in [0.2, 0.25) is 0 Å². The number of rotatable bonds is 10. The molecule has 0 amide bonds. The van der Waals surface area contributed by atoms with Gasteiger partial charge in [0, 0.05) is 33.0 Å². The van der Waals surface area contributed by atoms with E-state index in [1.165, 1.54) is 0 Å². The zero-order valence-corrected chi connectivity index (χ0v) is 40.3. The summed E-state index contributed by atoms with van der Waals surface area (Å²) >= 11 is 0. The van der Waals surface area contributed by atoms with Gasteiger partial charge in [-0.05, 0) is 106 Å². The fraction of sp³-hybridized carbons (Fsp3) is 0. The highest BCUT2D eigenvalue weighted by atomic mass is 16.3. The Morgan fingerprint density at radius 1 is 0.216 bits per heavy atom. The van der Waals surface area contributed by atoms with E-state index >= 15 is 0 Å². The minimum Gasteiger partial charge on any atom is -0.456 e. The van der Waals surface area contributed by atoms with Gasteiger partial charge in [-0.3, -0.25) is 0 Å². The minimum absolute atomic E-state index is 0.830. The summed E-state index contributed by atoms with van der Waals surface area (Å²) < 4.78 is 13.3. The van der Waals surface area contributed by atoms with E-state index in [1.54, 1.807) is 0 Å². The fourth-order valence-corrected chi connectivity index (χ4v) is 11.1. The molecule has 4 heteroatoms. The van der Waals surface area contributed by atoms with E-state index in [1.807, 2.05) is 12.1 Å². The molecule has 0 atom stereocenters. The molecule has 14 rings (SSSR count). The summed E-state index contributed by atoms with van der Waals surface area (Å²) in [5, 5.41) is 6.41. The summed E-state index contributed by atoms with van der Waals surface area (Å²) in [6.07, 6.45) is 0. The molecular weight excluding hydrogens is 901 g/mol. The van der Waals surface area contributed by atoms with Crippen LogP contribution in [-0.2, 0) is 0 Å². The molecule has 74 heavy (non-hydrogen) atoms. The topological polar surface area (TPSA) is 32.8 Å². The maximum atomic E-state index is 6.65. The molecule has 2 heterocycles. The Bertz CT molecular complexity index is 4090. The molecule has 0 aliphatic rings. The lowest BCUT2D eigenvalue weighted by atomic mass is 9.92. The molecule has 4 nitrogen and oxygen atoms in total. The second-order valence-electron chi connectivity index (χ2n) is 18.8. The van der Waals surface area contributed by atoms with Crippen LogP contribution in [0.3, 0.4) is 0 Å². The van der Waals surface area contributed by atoms with Gasteiger partial charge in [0.1, 0.15) is 22.3 Å². The maximum absolute atomic E-state index is 6.65. The van der Waals surface area contributed by atoms with Crippen molar-refractivity contribution in [1.82, 2.24) is 0 Å². The lowest BCUT2D eigenvalue weighted by molar-refractivity contribution is 0.668. The molecule has 0 bridgehead atoms. The van der Waals surface area contributed by atoms with Crippen molar-refractivity contribution in [2.24, 2.45) is 0 Å². The van der Waals surface area contributed by atoms with E-state index in [0.29, 0.717) is 0 Å². The van der Waals surface area contributed by atoms with Gasteiger partial charge in [0.05, 0.1) is 44.9 Å². The van der Waals surface area contributed by atoms with Crippen LogP contribution in [0.4, 0.5) is 34.1 Å². The molecule has 0 aliphatic carbocycles. The van der Waals surface area contributed by atoms with E-state index in [-0.39, 0.29) is 0 Å². The zero-order valence-electron chi connectivity index (χ0n) is 40.3. The second kappa shape index (κ2) is 18.1. The number of anilines is 6. The first-order chi connectivity index (χ1) is 36.7. The molecule has 2 aromatic heterocycles. The molecule has 0 saturated heterocycles. The number of benzene rings is 12. The smallest absolute Gasteiger partial charge is 0.137 e. The molecule has 12 aromatic carbocycles. The van der Waals surface area contributed by atoms with Crippen LogP contribution in [0.1, 0.15) is 0 Å². The largest absolute Gasteiger partial charge is 0.456 e. The summed E-state index contributed by atoms with van der Waals surface area (Å²) in [6, 6.07) is 99.9. The average Bonchev–Trinajstić information content (AvgIpc) is 4.09. The van der Waals surface area contributed by atoms with Crippen molar-refractivity contribution >= 4 is 88.8 Å². The highest BCUT2D eigenvalue weighted by Crippen LogP contribution is 2.53. The third-order valence-electron chi connectivity index (χ3n) is 14.4. The molecule has 348 valence electrons. The third kappa shape index (κ3) is 7.31. The number of fused-ring (bicyclic) bond motifs is 7. The zero-order chi connectivity index (χ0) is 49.0. The molecule has 0 unspecified atom stereocenters. The van der Waals surface area contributed by atoms with Crippen LogP contribution in [0, 0.1) is 0 Å². The van der Waals surface area contributed by atoms with Crippen LogP contribution >= 0.6 is 0 Å². The Balaban J connectivity index is 1.12. The first-order valence-electron chi connectivity index (χ1n) is 25.2. The van der Waals surface area contributed by atoms with Crippen LogP contribution in [-0.4, -0.2) is 0 Å². The normalized spacial score (nSPS) is 11.5. The Kier molecular flexibility index (Phi) is 10.5. The maximum Gasteiger partial charge on any atom is 0.137 e. The lowest BCUT2D eigenvalue weighted by Crippen LogP contribution is -2.14. The predicted molar refractivity (Wildman–Crippen MR) is 310 cm³/mol. The van der Waals surface area contributed by atoms with E-state index < -0.39 is 0 Å². The summed E-state index contributed by atoms with van der Waals surface area (Å²) in [4.78, 5) is 4.94. The Labute approximate surface area is 428 Å². The minimum atomic E-state index is 0.830. The molecule has 14 aromatic rings. The van der Waals surface area contributed by atoms with Gasteiger partial charge in [-0.15, -0.1) is 0 Å². The monoisotopic (exact) mass is 946 g/mol. The van der Waals surface area contributed by atoms with Crippen LogP contribution in [0.5, 0.6) is 0 Å². The number of hydrogen-bond donors (Lipinski definition) is 0. The van der Waals surface area contributed by atoms with Crippen LogP contribution in [0.25, 0.3) is 99.2 Å². The van der Waals surface area contributed by atoms with E-state index in [2.05, 4.69) is 277 Å². The first-order valence-corrected chi connectivity index (χ1v) is 25.2. The summed E-state index contributed by atoms with van der Waals surface area (Å²) in [7, 11) is 0. The molecule has 0 aliphatic heterocycles. The number of para-hydroxylation sites is 4. The standard InChI is InChI=1S/C70H46N2O2/c1-5-23-47(24-6-1)53-31-13-17-35-59(53)71(61-37-21-41-67-69(61)55-33-15-19-39-65(55)73-67)63-45-52-46-64(58(50-29-11-4-12-30-50)44-51(52)43-57(63)49-27-9-3-10-28-49)72(60-36-18-14-32-54(60)48-25-7-2-8-26-48)62-38-22-42-68-70(62)56-34-16-20-40-66(56)74-68/h1-46H. The van der Waals surface area contributed by atoms with Gasteiger partial charge in [-0.25, -0.2) is 0 Å². The Morgan fingerprint density at radius 2 is 0.527 bits per heavy atom. The van der Waals surface area contributed by atoms with Gasteiger partial charge in [-0.2, -0.15) is 0 Å². The van der Waals surface area contributed by atoms with Crippen molar-refractivity contribution < 1.29 is 8.83 Å². The SMILES string of the molecule is c1ccc(-c2ccccc2N(c2cc3cc(N(c4ccccc4-c4ccccc4)c4cccc5oc6ccccc6c45)c(-c4ccccc4)cc3cc2-c2ccccc2)c2cccc3oc4ccccc4c23)cc1. The summed E-state index contributed by atoms with van der Waals surface area (Å²) in [5.41, 5.74) is 18.4. The van der Waals surface area contributed by atoms with Crippen molar-refractivity contribution in [1.29, 1.82) is 0 Å². The summed E-state index contributed by atoms with van der Waals surface area (Å²) in [5.74, 6) is 0. The predicted octanol–water partition coefficient (Wildman–Crippen LogP) is 20.2. The molecule has 0 saturated carbocycles. The fourth-order valence-electron chi connectivity index (χ4n) is 11.1. The second-order valence-corrected chi connectivity index (χ2v) is 18.8. The molecule has 0 spiro atoms. The molecule has 0 fully saturated rings. The van der Waals surface area contributed by atoms with Gasteiger partial charge in [-0.1, -0.05) is 206 Å². The van der Waals surface area contributed by atoms with Crippen molar-refractivity contribution in [2.45, 2.75) is 0 Å². The molecule has 0 radical (unpaired) electrons. The van der Waals surface area contributed by atoms with Crippen molar-refractivity contribution in [3.63, 3.8) is 0 Å². The van der Waals surface area contributed by atoms with Gasteiger partial charge in [0.25, 0.3) is 0 Å². The Morgan fingerprint density at radius 3 is 0.946 bits per heavy atom. The molecule has 0 N–H and O–H groups in total. The van der Waals surface area contributed by atoms with E-state index in [0.717, 1.165) is 133 Å². The first kappa shape index (κ1) is 42.9. The van der Waals surface area contributed by atoms with Crippen molar-refractivity contribution in [2.75, 3.05) is 9.80 Å². The van der Waals surface area contributed by atoms with Gasteiger partial charge in [0.15, 0.2) is 0 Å². The average molecular weight is 947 g/mol. The lowest BCUT2D eigenvalue weighted by Gasteiger charge is -2.32. The quantitative estimate of drug-likeness (QED) is 0.137. The van der Waals surface area contributed by atoms with Gasteiger partial charge in [0.2, 0.25) is 0 Å². The third-order valence-corrected chi connectivity index (χ3v) is 14.4. The van der Waals surface area contributed by atoms with Crippen molar-refractivity contribution in [3.8, 4) is 44.5 Å². The highest BCUT2D eigenvalue weighted by molar-refractivity contribution is 6.17. The Hall–Kier alpha value is -9.90. The van der Waals surface area contributed by atoms with Crippen LogP contribution in [0.15, 0.2) is 288 Å². The number of nitrogens with zero attached hydrogens (tertiary/aromatic N) is 2. The highest BCUT2D eigenvalue weighted by Gasteiger charge is 2.28. The molecular formula is C70H46N2O2. The number of hydrogen-bond acceptors (Lipinski definition) is 4. The number of furan rings is 2. The van der Waals surface area contributed by atoms with E-state index in [4.69, 9.17) is 8.83 Å². The van der Waals surface area contributed by atoms with Gasteiger partial charge >= 0.3 is 0 Å².